The second kappa shape index (κ2) is 6.41. The average molecular weight is 176 g/mol. The number of Topliss-reactive ketones (excluding diaryl/α,β-unsaturated/α-hetero) is 1. The zero-order valence-electron chi connectivity index (χ0n) is 7.91. The summed E-state index contributed by atoms with van der Waals surface area (Å²) >= 11 is 0. The van der Waals surface area contributed by atoms with Gasteiger partial charge in [0.05, 0.1) is 0 Å². The summed E-state index contributed by atoms with van der Waals surface area (Å²) in [5, 5.41) is 0. The fraction of sp³-hybridized carbons (Fsp3) is 0.417. The van der Waals surface area contributed by atoms with Gasteiger partial charge in [-0.05, 0) is 12.8 Å². The summed E-state index contributed by atoms with van der Waals surface area (Å²) in [6.45, 7) is 0. The van der Waals surface area contributed by atoms with Crippen LogP contribution in [0.3, 0.4) is 0 Å². The van der Waals surface area contributed by atoms with Gasteiger partial charge in [-0.15, -0.1) is 0 Å². The molecule has 0 heterocycles. The highest BCUT2D eigenvalue weighted by Crippen LogP contribution is 2.12. The van der Waals surface area contributed by atoms with Gasteiger partial charge in [-0.3, -0.25) is 4.79 Å². The molecule has 2 rings (SSSR count). The summed E-state index contributed by atoms with van der Waals surface area (Å²) in [5.74, 6) is 0.464. The van der Waals surface area contributed by atoms with E-state index >= 15 is 0 Å². The first-order chi connectivity index (χ1) is 6.39. The monoisotopic (exact) mass is 176 g/mol. The highest BCUT2D eigenvalue weighted by Gasteiger charge is 2.05. The minimum atomic E-state index is 0.464. The van der Waals surface area contributed by atoms with E-state index in [2.05, 4.69) is 0 Å². The lowest BCUT2D eigenvalue weighted by molar-refractivity contribution is -0.120. The SMILES string of the molecule is O=C1CCCCC1.c1ccccc1. The van der Waals surface area contributed by atoms with Crippen molar-refractivity contribution in [2.75, 3.05) is 0 Å². The molecule has 70 valence electrons. The molecule has 13 heavy (non-hydrogen) atoms. The summed E-state index contributed by atoms with van der Waals surface area (Å²) in [7, 11) is 0. The van der Waals surface area contributed by atoms with E-state index in [1.165, 1.54) is 6.42 Å². The van der Waals surface area contributed by atoms with Gasteiger partial charge in [-0.1, -0.05) is 42.8 Å². The van der Waals surface area contributed by atoms with E-state index in [9.17, 15) is 4.79 Å². The van der Waals surface area contributed by atoms with E-state index in [0.29, 0.717) is 5.78 Å². The van der Waals surface area contributed by atoms with Crippen LogP contribution < -0.4 is 0 Å². The fourth-order valence-corrected chi connectivity index (χ4v) is 1.33. The van der Waals surface area contributed by atoms with Gasteiger partial charge in [-0.2, -0.15) is 0 Å². The molecule has 1 aromatic rings. The van der Waals surface area contributed by atoms with E-state index in [1.54, 1.807) is 0 Å². The molecule has 1 fully saturated rings. The summed E-state index contributed by atoms with van der Waals surface area (Å²) < 4.78 is 0. The molecule has 1 nitrogen and oxygen atoms in total. The van der Waals surface area contributed by atoms with Crippen molar-refractivity contribution >= 4 is 5.78 Å². The van der Waals surface area contributed by atoms with Crippen molar-refractivity contribution in [1.29, 1.82) is 0 Å². The Morgan fingerprint density at radius 2 is 1.08 bits per heavy atom. The van der Waals surface area contributed by atoms with E-state index < -0.39 is 0 Å². The molecule has 1 aromatic carbocycles. The lowest BCUT2D eigenvalue weighted by Crippen LogP contribution is -2.02. The number of carbonyl (C=O) groups is 1. The van der Waals surface area contributed by atoms with E-state index in [-0.39, 0.29) is 0 Å². The molecule has 0 aromatic heterocycles. The first-order valence-corrected chi connectivity index (χ1v) is 4.91. The molecule has 0 aliphatic heterocycles. The highest BCUT2D eigenvalue weighted by atomic mass is 16.1. The Hall–Kier alpha value is -1.11. The molecule has 0 spiro atoms. The third-order valence-electron chi connectivity index (χ3n) is 2.08. The minimum Gasteiger partial charge on any atom is -0.300 e. The first kappa shape index (κ1) is 9.97. The summed E-state index contributed by atoms with van der Waals surface area (Å²) in [5.41, 5.74) is 0. The third-order valence-corrected chi connectivity index (χ3v) is 2.08. The molecule has 0 unspecified atom stereocenters. The van der Waals surface area contributed by atoms with Crippen LogP contribution >= 0.6 is 0 Å². The molecule has 0 amide bonds. The molecular formula is C12H16O. The molecule has 0 atom stereocenters. The lowest BCUT2D eigenvalue weighted by atomic mass is 10.00. The molecule has 0 bridgehead atoms. The van der Waals surface area contributed by atoms with E-state index in [1.807, 2.05) is 36.4 Å². The van der Waals surface area contributed by atoms with Crippen LogP contribution in [0.15, 0.2) is 36.4 Å². The fourth-order valence-electron chi connectivity index (χ4n) is 1.33. The molecule has 0 saturated heterocycles. The molecular weight excluding hydrogens is 160 g/mol. The number of hydrogen-bond acceptors (Lipinski definition) is 1. The molecule has 1 heteroatoms. The Bertz CT molecular complexity index is 193. The topological polar surface area (TPSA) is 17.1 Å². The first-order valence-electron chi connectivity index (χ1n) is 4.91. The van der Waals surface area contributed by atoms with Crippen LogP contribution in [-0.2, 0) is 4.79 Å². The maximum Gasteiger partial charge on any atom is 0.132 e. The maximum absolute atomic E-state index is 10.5. The van der Waals surface area contributed by atoms with E-state index in [0.717, 1.165) is 25.7 Å². The number of rotatable bonds is 0. The van der Waals surface area contributed by atoms with Gasteiger partial charge in [0.1, 0.15) is 5.78 Å². The van der Waals surface area contributed by atoms with Crippen LogP contribution in [0, 0.1) is 0 Å². The van der Waals surface area contributed by atoms with Gasteiger partial charge >= 0.3 is 0 Å². The summed E-state index contributed by atoms with van der Waals surface area (Å²) in [6, 6.07) is 12.0. The minimum absolute atomic E-state index is 0.464. The number of ketones is 1. The van der Waals surface area contributed by atoms with Crippen molar-refractivity contribution in [3.05, 3.63) is 36.4 Å². The largest absolute Gasteiger partial charge is 0.300 e. The Morgan fingerprint density at radius 1 is 0.692 bits per heavy atom. The zero-order valence-corrected chi connectivity index (χ0v) is 7.91. The predicted octanol–water partition coefficient (Wildman–Crippen LogP) is 3.21. The summed E-state index contributed by atoms with van der Waals surface area (Å²) in [4.78, 5) is 10.5. The Kier molecular flexibility index (Phi) is 4.92. The van der Waals surface area contributed by atoms with Crippen molar-refractivity contribution in [1.82, 2.24) is 0 Å². The van der Waals surface area contributed by atoms with Gasteiger partial charge in [0, 0.05) is 12.8 Å². The van der Waals surface area contributed by atoms with Crippen molar-refractivity contribution in [3.8, 4) is 0 Å². The number of carbonyl (C=O) groups excluding carboxylic acids is 1. The Labute approximate surface area is 79.8 Å². The summed E-state index contributed by atoms with van der Waals surface area (Å²) in [6.07, 6.45) is 5.24. The third kappa shape index (κ3) is 5.18. The number of benzene rings is 1. The van der Waals surface area contributed by atoms with E-state index in [4.69, 9.17) is 0 Å². The van der Waals surface area contributed by atoms with Crippen LogP contribution in [0.1, 0.15) is 32.1 Å². The van der Waals surface area contributed by atoms with Crippen LogP contribution in [0.4, 0.5) is 0 Å². The average Bonchev–Trinajstić information content (AvgIpc) is 2.22. The molecule has 1 aliphatic rings. The van der Waals surface area contributed by atoms with Crippen molar-refractivity contribution < 1.29 is 4.79 Å². The Balaban J connectivity index is 0.000000132. The predicted molar refractivity (Wildman–Crippen MR) is 54.5 cm³/mol. The van der Waals surface area contributed by atoms with Gasteiger partial charge < -0.3 is 0 Å². The van der Waals surface area contributed by atoms with Gasteiger partial charge in [0.25, 0.3) is 0 Å². The quantitative estimate of drug-likeness (QED) is 0.593. The van der Waals surface area contributed by atoms with Crippen LogP contribution in [0.2, 0.25) is 0 Å². The second-order valence-electron chi connectivity index (χ2n) is 3.25. The second-order valence-corrected chi connectivity index (χ2v) is 3.25. The zero-order chi connectivity index (χ0) is 9.36. The van der Waals surface area contributed by atoms with Crippen LogP contribution in [0.5, 0.6) is 0 Å². The maximum atomic E-state index is 10.5. The van der Waals surface area contributed by atoms with Crippen LogP contribution in [-0.4, -0.2) is 5.78 Å². The van der Waals surface area contributed by atoms with Crippen LogP contribution in [0.25, 0.3) is 0 Å². The highest BCUT2D eigenvalue weighted by molar-refractivity contribution is 5.78. The van der Waals surface area contributed by atoms with Crippen molar-refractivity contribution in [2.24, 2.45) is 0 Å². The van der Waals surface area contributed by atoms with Gasteiger partial charge in [0.15, 0.2) is 0 Å². The molecule has 1 aliphatic carbocycles. The Morgan fingerprint density at radius 3 is 1.31 bits per heavy atom. The van der Waals surface area contributed by atoms with Crippen molar-refractivity contribution in [3.63, 3.8) is 0 Å². The molecule has 0 N–H and O–H groups in total. The van der Waals surface area contributed by atoms with Gasteiger partial charge in [-0.25, -0.2) is 0 Å². The normalized spacial score (nSPS) is 15.8. The lowest BCUT2D eigenvalue weighted by Gasteiger charge is -2.05. The van der Waals surface area contributed by atoms with Crippen molar-refractivity contribution in [2.45, 2.75) is 32.1 Å². The molecule has 0 radical (unpaired) electrons. The number of hydrogen-bond donors (Lipinski definition) is 0. The molecule has 1 saturated carbocycles. The smallest absolute Gasteiger partial charge is 0.132 e. The van der Waals surface area contributed by atoms with Gasteiger partial charge in [0.2, 0.25) is 0 Å². The standard InChI is InChI=1S/C6H10O.C6H6/c7-6-4-2-1-3-5-6;1-2-4-6-5-3-1/h1-5H2;1-6H.